The molecule has 11 N–H and O–H groups in total. The molecule has 2 amide bonds. The van der Waals surface area contributed by atoms with Crippen molar-refractivity contribution in [2.45, 2.75) is 113 Å². The topological polar surface area (TPSA) is 271 Å². The van der Waals surface area contributed by atoms with Crippen LogP contribution in [0.5, 0.6) is 0 Å². The number of aliphatic hydroxyl groups excluding tert-OH is 7. The van der Waals surface area contributed by atoms with Crippen LogP contribution in [0.1, 0.15) is 46.0 Å². The average molecular weight is 596 g/mol. The molecule has 0 aromatic carbocycles. The zero-order chi connectivity index (χ0) is 30.9. The molecule has 0 spiro atoms. The third kappa shape index (κ3) is 9.59. The molecule has 0 radical (unpaired) electrons. The molecule has 2 heterocycles. The summed E-state index contributed by atoms with van der Waals surface area (Å²) in [7, 11) is 0. The molecular weight excluding hydrogens is 550 g/mol. The van der Waals surface area contributed by atoms with Crippen molar-refractivity contribution in [3.05, 3.63) is 0 Å². The van der Waals surface area contributed by atoms with Crippen molar-refractivity contribution in [1.29, 1.82) is 0 Å². The second kappa shape index (κ2) is 16.7. The average Bonchev–Trinajstić information content (AvgIpc) is 2.94. The van der Waals surface area contributed by atoms with Gasteiger partial charge in [0, 0.05) is 18.8 Å². The molecule has 5 unspecified atom stereocenters. The molecule has 2 fully saturated rings. The van der Waals surface area contributed by atoms with Gasteiger partial charge in [0.15, 0.2) is 18.3 Å². The standard InChI is InChI=1S/C25H45N3O13/c1-11(2)17(33)12(5-3-4-8-26)27-15(31)6-7-16(32)28-24-21(37)20(36)23(14(10-30)39-24)41-25-22(38)19(35)18(34)13(9-29)40-25/h11-14,18-25,29-30,34-38H,3-10,26H2,1-2H3,(H,27,31)(H,28,32)/t12?,13?,14?,18-,19-,20+,21?,22?,23+,24+,25-/m0/s1. The van der Waals surface area contributed by atoms with Crippen LogP contribution in [0.25, 0.3) is 0 Å². The first-order valence-corrected chi connectivity index (χ1v) is 13.8. The molecule has 2 aliphatic heterocycles. The lowest BCUT2D eigenvalue weighted by Crippen LogP contribution is -2.66. The number of amides is 2. The van der Waals surface area contributed by atoms with E-state index in [1.807, 2.05) is 0 Å². The Kier molecular flexibility index (Phi) is 14.4. The predicted octanol–water partition coefficient (Wildman–Crippen LogP) is -4.65. The van der Waals surface area contributed by atoms with E-state index < -0.39 is 92.4 Å². The van der Waals surface area contributed by atoms with E-state index in [0.29, 0.717) is 25.8 Å². The number of aliphatic hydroxyl groups is 7. The number of rotatable bonds is 15. The van der Waals surface area contributed by atoms with Crippen molar-refractivity contribution in [3.63, 3.8) is 0 Å². The van der Waals surface area contributed by atoms with Gasteiger partial charge in [-0.25, -0.2) is 0 Å². The minimum atomic E-state index is -1.81. The minimum Gasteiger partial charge on any atom is -0.394 e. The quantitative estimate of drug-likeness (QED) is 0.0798. The van der Waals surface area contributed by atoms with Gasteiger partial charge < -0.3 is 66.3 Å². The second-order valence-electron chi connectivity index (χ2n) is 10.6. The molecule has 2 saturated heterocycles. The Labute approximate surface area is 237 Å². The Morgan fingerprint density at radius 2 is 1.46 bits per heavy atom. The molecule has 2 aliphatic rings. The molecule has 2 rings (SSSR count). The van der Waals surface area contributed by atoms with Gasteiger partial charge in [-0.1, -0.05) is 13.8 Å². The second-order valence-corrected chi connectivity index (χ2v) is 10.6. The Morgan fingerprint density at radius 1 is 0.829 bits per heavy atom. The number of unbranched alkanes of at least 4 members (excludes halogenated alkanes) is 1. The normalized spacial score (nSPS) is 34.7. The van der Waals surface area contributed by atoms with Crippen molar-refractivity contribution in [2.75, 3.05) is 19.8 Å². The van der Waals surface area contributed by atoms with Crippen LogP contribution in [0.3, 0.4) is 0 Å². The number of carbonyl (C=O) groups excluding carboxylic acids is 3. The highest BCUT2D eigenvalue weighted by Gasteiger charge is 2.50. The Balaban J connectivity index is 1.94. The SMILES string of the molecule is CC(C)C(=O)C(CCCCN)NC(=O)CCC(=O)N[C@@H]1OC(CO)[C@@H](O[C@@H]2OC(CO)[C@H](O)[C@H](O)C2O)[C@H](O)C1O. The molecule has 16 nitrogen and oxygen atoms in total. The highest BCUT2D eigenvalue weighted by molar-refractivity contribution is 5.91. The van der Waals surface area contributed by atoms with Crippen LogP contribution in [-0.2, 0) is 28.6 Å². The van der Waals surface area contributed by atoms with Crippen LogP contribution in [0.4, 0.5) is 0 Å². The summed E-state index contributed by atoms with van der Waals surface area (Å²) < 4.78 is 16.2. The summed E-state index contributed by atoms with van der Waals surface area (Å²) in [5, 5.41) is 75.4. The molecule has 0 saturated carbocycles. The third-order valence-electron chi connectivity index (χ3n) is 7.08. The number of nitrogens with two attached hydrogens (primary N) is 1. The largest absolute Gasteiger partial charge is 0.394 e. The van der Waals surface area contributed by atoms with Crippen molar-refractivity contribution < 1.29 is 64.3 Å². The maximum atomic E-state index is 12.5. The van der Waals surface area contributed by atoms with E-state index in [-0.39, 0.29) is 24.5 Å². The van der Waals surface area contributed by atoms with E-state index in [2.05, 4.69) is 10.6 Å². The summed E-state index contributed by atoms with van der Waals surface area (Å²) in [5.74, 6) is -1.69. The lowest BCUT2D eigenvalue weighted by molar-refractivity contribution is -0.343. The molecule has 0 bridgehead atoms. The molecule has 238 valence electrons. The first-order valence-electron chi connectivity index (χ1n) is 13.8. The fourth-order valence-electron chi connectivity index (χ4n) is 4.61. The van der Waals surface area contributed by atoms with Gasteiger partial charge in [0.2, 0.25) is 11.8 Å². The lowest BCUT2D eigenvalue weighted by atomic mass is 9.96. The number of carbonyl (C=O) groups is 3. The van der Waals surface area contributed by atoms with Gasteiger partial charge in [-0.15, -0.1) is 0 Å². The first kappa shape index (κ1) is 35.4. The summed E-state index contributed by atoms with van der Waals surface area (Å²) in [6.45, 7) is 2.41. The van der Waals surface area contributed by atoms with Crippen LogP contribution >= 0.6 is 0 Å². The number of Topliss-reactive ketones (excluding diaryl/α,β-unsaturated/α-hetero) is 1. The van der Waals surface area contributed by atoms with Gasteiger partial charge in [-0.05, 0) is 25.8 Å². The summed E-state index contributed by atoms with van der Waals surface area (Å²) >= 11 is 0. The summed E-state index contributed by atoms with van der Waals surface area (Å²) in [6.07, 6.45) is -15.0. The van der Waals surface area contributed by atoms with E-state index in [1.165, 1.54) is 0 Å². The van der Waals surface area contributed by atoms with Gasteiger partial charge in [-0.2, -0.15) is 0 Å². The maximum absolute atomic E-state index is 12.5. The maximum Gasteiger partial charge on any atom is 0.222 e. The van der Waals surface area contributed by atoms with Crippen molar-refractivity contribution in [3.8, 4) is 0 Å². The van der Waals surface area contributed by atoms with Crippen LogP contribution in [-0.4, -0.2) is 140 Å². The third-order valence-corrected chi connectivity index (χ3v) is 7.08. The molecule has 0 aromatic rings. The molecule has 0 aliphatic carbocycles. The molecule has 0 aromatic heterocycles. The number of hydrogen-bond donors (Lipinski definition) is 10. The van der Waals surface area contributed by atoms with Crippen LogP contribution in [0, 0.1) is 5.92 Å². The van der Waals surface area contributed by atoms with Gasteiger partial charge >= 0.3 is 0 Å². The highest BCUT2D eigenvalue weighted by atomic mass is 16.7. The number of hydrogen-bond acceptors (Lipinski definition) is 14. The summed E-state index contributed by atoms with van der Waals surface area (Å²) in [5.41, 5.74) is 5.50. The van der Waals surface area contributed by atoms with Crippen molar-refractivity contribution in [2.24, 2.45) is 11.7 Å². The zero-order valence-corrected chi connectivity index (χ0v) is 23.2. The minimum absolute atomic E-state index is 0.136. The number of ketones is 1. The van der Waals surface area contributed by atoms with Crippen molar-refractivity contribution in [1.82, 2.24) is 10.6 Å². The predicted molar refractivity (Wildman–Crippen MR) is 138 cm³/mol. The lowest BCUT2D eigenvalue weighted by Gasteiger charge is -2.46. The summed E-state index contributed by atoms with van der Waals surface area (Å²) in [6, 6.07) is -0.707. The molecular formula is C25H45N3O13. The van der Waals surface area contributed by atoms with Crippen LogP contribution < -0.4 is 16.4 Å². The smallest absolute Gasteiger partial charge is 0.222 e. The number of nitrogens with one attached hydrogen (secondary N) is 2. The monoisotopic (exact) mass is 595 g/mol. The van der Waals surface area contributed by atoms with Gasteiger partial charge in [0.05, 0.1) is 19.3 Å². The Hall–Kier alpha value is -1.83. The van der Waals surface area contributed by atoms with Crippen LogP contribution in [0.15, 0.2) is 0 Å². The fraction of sp³-hybridized carbons (Fsp3) is 0.880. The van der Waals surface area contributed by atoms with Crippen molar-refractivity contribution >= 4 is 17.6 Å². The first-order chi connectivity index (χ1) is 19.4. The van der Waals surface area contributed by atoms with Gasteiger partial charge in [-0.3, -0.25) is 14.4 Å². The van der Waals surface area contributed by atoms with E-state index in [0.717, 1.165) is 0 Å². The van der Waals surface area contributed by atoms with E-state index in [1.54, 1.807) is 13.8 Å². The Bertz CT molecular complexity index is 846. The molecule has 41 heavy (non-hydrogen) atoms. The van der Waals surface area contributed by atoms with Gasteiger partial charge in [0.1, 0.15) is 48.8 Å². The van der Waals surface area contributed by atoms with Gasteiger partial charge in [0.25, 0.3) is 0 Å². The summed E-state index contributed by atoms with van der Waals surface area (Å²) in [4.78, 5) is 37.4. The number of ether oxygens (including phenoxy) is 3. The molecule has 16 heteroatoms. The Morgan fingerprint density at radius 3 is 2.05 bits per heavy atom. The van der Waals surface area contributed by atoms with Crippen LogP contribution in [0.2, 0.25) is 0 Å². The molecule has 11 atom stereocenters. The van der Waals surface area contributed by atoms with E-state index in [4.69, 9.17) is 19.9 Å². The van der Waals surface area contributed by atoms with E-state index in [9.17, 15) is 50.1 Å². The highest BCUT2D eigenvalue weighted by Crippen LogP contribution is 2.28. The zero-order valence-electron chi connectivity index (χ0n) is 23.2. The fourth-order valence-corrected chi connectivity index (χ4v) is 4.61. The van der Waals surface area contributed by atoms with E-state index >= 15 is 0 Å².